The number of hydrogen-bond acceptors (Lipinski definition) is 6. The molecule has 2 aromatic heterocycles. The summed E-state index contributed by atoms with van der Waals surface area (Å²) in [5, 5.41) is 4.90. The summed E-state index contributed by atoms with van der Waals surface area (Å²) in [4.78, 5) is 21.3. The molecule has 0 aliphatic rings. The summed E-state index contributed by atoms with van der Waals surface area (Å²) in [6.07, 6.45) is 1.76. The first-order chi connectivity index (χ1) is 12.0. The van der Waals surface area contributed by atoms with Gasteiger partial charge in [-0.05, 0) is 38.4 Å². The predicted molar refractivity (Wildman–Crippen MR) is 99.6 cm³/mol. The molecule has 25 heavy (non-hydrogen) atoms. The Hall–Kier alpha value is -2.45. The average Bonchev–Trinajstić information content (AvgIpc) is 3.19. The summed E-state index contributed by atoms with van der Waals surface area (Å²) in [5.74, 6) is 0.632. The van der Waals surface area contributed by atoms with Gasteiger partial charge in [0, 0.05) is 26.3 Å². The van der Waals surface area contributed by atoms with E-state index in [1.165, 1.54) is 11.3 Å². The number of aryl methyl sites for hydroxylation is 1. The Labute approximate surface area is 150 Å². The van der Waals surface area contributed by atoms with Gasteiger partial charge >= 0.3 is 0 Å². The number of aromatic nitrogens is 3. The second kappa shape index (κ2) is 7.20. The van der Waals surface area contributed by atoms with Gasteiger partial charge in [-0.25, -0.2) is 4.98 Å². The van der Waals surface area contributed by atoms with Crippen LogP contribution in [0, 0.1) is 0 Å². The van der Waals surface area contributed by atoms with Gasteiger partial charge in [-0.1, -0.05) is 11.3 Å². The van der Waals surface area contributed by atoms with E-state index in [4.69, 9.17) is 4.74 Å². The molecule has 0 unspecified atom stereocenters. The largest absolute Gasteiger partial charge is 0.497 e. The molecule has 132 valence electrons. The highest BCUT2D eigenvalue weighted by molar-refractivity contribution is 7.22. The smallest absolute Gasteiger partial charge is 0.280 e. The average molecular weight is 359 g/mol. The lowest BCUT2D eigenvalue weighted by Gasteiger charge is -2.21. The molecule has 7 nitrogen and oxygen atoms in total. The summed E-state index contributed by atoms with van der Waals surface area (Å²) < 4.78 is 7.88. The van der Waals surface area contributed by atoms with Gasteiger partial charge in [-0.3, -0.25) is 14.4 Å². The highest BCUT2D eigenvalue weighted by Crippen LogP contribution is 2.32. The number of hydrogen-bond donors (Lipinski definition) is 0. The van der Waals surface area contributed by atoms with Crippen molar-refractivity contribution in [3.63, 3.8) is 0 Å². The Morgan fingerprint density at radius 2 is 2.08 bits per heavy atom. The fourth-order valence-electron chi connectivity index (χ4n) is 2.39. The molecule has 8 heteroatoms. The highest BCUT2D eigenvalue weighted by Gasteiger charge is 2.23. The van der Waals surface area contributed by atoms with E-state index in [-0.39, 0.29) is 5.91 Å². The molecule has 0 saturated heterocycles. The molecular weight excluding hydrogens is 338 g/mol. The van der Waals surface area contributed by atoms with Gasteiger partial charge in [0.25, 0.3) is 5.91 Å². The molecule has 0 N–H and O–H groups in total. The van der Waals surface area contributed by atoms with E-state index in [1.54, 1.807) is 36.0 Å². The van der Waals surface area contributed by atoms with Crippen molar-refractivity contribution in [3.8, 4) is 5.75 Å². The molecule has 1 amide bonds. The summed E-state index contributed by atoms with van der Waals surface area (Å²) in [7, 11) is 7.39. The number of benzene rings is 1. The Kier molecular flexibility index (Phi) is 5.00. The van der Waals surface area contributed by atoms with Gasteiger partial charge < -0.3 is 9.64 Å². The molecule has 0 aliphatic carbocycles. The number of methoxy groups -OCH3 is 1. The lowest BCUT2D eigenvalue weighted by atomic mass is 10.3. The summed E-state index contributed by atoms with van der Waals surface area (Å²) >= 11 is 1.48. The monoisotopic (exact) mass is 359 g/mol. The van der Waals surface area contributed by atoms with Crippen molar-refractivity contribution >= 4 is 32.6 Å². The fourth-order valence-corrected chi connectivity index (χ4v) is 3.41. The van der Waals surface area contributed by atoms with Crippen molar-refractivity contribution < 1.29 is 9.53 Å². The number of fused-ring (bicyclic) bond motifs is 1. The first-order valence-corrected chi connectivity index (χ1v) is 8.70. The zero-order chi connectivity index (χ0) is 18.0. The van der Waals surface area contributed by atoms with Crippen LogP contribution in [0.25, 0.3) is 10.2 Å². The molecule has 1 aromatic carbocycles. The van der Waals surface area contributed by atoms with Gasteiger partial charge in [0.05, 0.1) is 17.3 Å². The first kappa shape index (κ1) is 17.4. The summed E-state index contributed by atoms with van der Waals surface area (Å²) in [6, 6.07) is 7.44. The minimum absolute atomic E-state index is 0.145. The number of anilines is 1. The third kappa shape index (κ3) is 3.80. The van der Waals surface area contributed by atoms with Crippen molar-refractivity contribution in [2.24, 2.45) is 7.05 Å². The van der Waals surface area contributed by atoms with Gasteiger partial charge in [-0.15, -0.1) is 0 Å². The maximum absolute atomic E-state index is 12.9. The van der Waals surface area contributed by atoms with Crippen LogP contribution in [0.3, 0.4) is 0 Å². The van der Waals surface area contributed by atoms with Gasteiger partial charge in [0.2, 0.25) is 0 Å². The SMILES string of the molecule is COc1ccc2nc(N(CCN(C)C)C(=O)c3ccn(C)n3)sc2c1. The van der Waals surface area contributed by atoms with Crippen molar-refractivity contribution in [2.45, 2.75) is 0 Å². The van der Waals surface area contributed by atoms with Crippen molar-refractivity contribution in [3.05, 3.63) is 36.2 Å². The fraction of sp³-hybridized carbons (Fsp3) is 0.353. The van der Waals surface area contributed by atoms with Crippen molar-refractivity contribution in [2.75, 3.05) is 39.2 Å². The maximum atomic E-state index is 12.9. The van der Waals surface area contributed by atoms with E-state index in [2.05, 4.69) is 10.1 Å². The Morgan fingerprint density at radius 3 is 2.72 bits per heavy atom. The number of thiazole rings is 1. The second-order valence-corrected chi connectivity index (χ2v) is 6.97. The minimum atomic E-state index is -0.145. The molecule has 0 radical (unpaired) electrons. The molecule has 0 fully saturated rings. The van der Waals surface area contributed by atoms with E-state index in [1.807, 2.05) is 37.2 Å². The van der Waals surface area contributed by atoms with Crippen LogP contribution in [-0.2, 0) is 7.05 Å². The predicted octanol–water partition coefficient (Wildman–Crippen LogP) is 2.25. The Bertz CT molecular complexity index is 886. The number of likely N-dealkylation sites (N-methyl/N-ethyl adjacent to an activating group) is 1. The van der Waals surface area contributed by atoms with Crippen LogP contribution in [-0.4, -0.2) is 59.9 Å². The number of nitrogens with zero attached hydrogens (tertiary/aromatic N) is 5. The number of ether oxygens (including phenoxy) is 1. The number of amides is 1. The quantitative estimate of drug-likeness (QED) is 0.675. The number of carbonyl (C=O) groups excluding carboxylic acids is 1. The second-order valence-electron chi connectivity index (χ2n) is 5.96. The summed E-state index contributed by atoms with van der Waals surface area (Å²) in [5.41, 5.74) is 1.27. The van der Waals surface area contributed by atoms with Crippen LogP contribution in [0.15, 0.2) is 30.5 Å². The van der Waals surface area contributed by atoms with Gasteiger partial charge in [-0.2, -0.15) is 5.10 Å². The van der Waals surface area contributed by atoms with Crippen molar-refractivity contribution in [1.29, 1.82) is 0 Å². The van der Waals surface area contributed by atoms with E-state index >= 15 is 0 Å². The molecule has 0 atom stereocenters. The van der Waals surface area contributed by atoms with E-state index in [0.717, 1.165) is 22.5 Å². The third-order valence-corrected chi connectivity index (χ3v) is 4.81. The maximum Gasteiger partial charge on any atom is 0.280 e. The molecule has 0 aliphatic heterocycles. The van der Waals surface area contributed by atoms with Crippen molar-refractivity contribution in [1.82, 2.24) is 19.7 Å². The standard InChI is InChI=1S/C17H21N5O2S/c1-20(2)9-10-22(16(23)14-7-8-21(3)19-14)17-18-13-6-5-12(24-4)11-15(13)25-17/h5-8,11H,9-10H2,1-4H3. The molecule has 3 aromatic rings. The topological polar surface area (TPSA) is 63.5 Å². The molecular formula is C17H21N5O2S. The lowest BCUT2D eigenvalue weighted by molar-refractivity contribution is 0.0979. The molecule has 2 heterocycles. The van der Waals surface area contributed by atoms with Crippen LogP contribution < -0.4 is 9.64 Å². The Balaban J connectivity index is 1.97. The van der Waals surface area contributed by atoms with E-state index < -0.39 is 0 Å². The Morgan fingerprint density at radius 1 is 1.28 bits per heavy atom. The lowest BCUT2D eigenvalue weighted by Crippen LogP contribution is -2.37. The number of carbonyl (C=O) groups is 1. The zero-order valence-corrected chi connectivity index (χ0v) is 15.6. The van der Waals surface area contributed by atoms with Crippen LogP contribution in [0.5, 0.6) is 5.75 Å². The highest BCUT2D eigenvalue weighted by atomic mass is 32.1. The van der Waals surface area contributed by atoms with Gasteiger partial charge in [0.1, 0.15) is 5.75 Å². The third-order valence-electron chi connectivity index (χ3n) is 3.76. The molecule has 3 rings (SSSR count). The van der Waals surface area contributed by atoms with E-state index in [0.29, 0.717) is 17.4 Å². The first-order valence-electron chi connectivity index (χ1n) is 7.89. The van der Waals surface area contributed by atoms with Crippen LogP contribution in [0.2, 0.25) is 0 Å². The zero-order valence-electron chi connectivity index (χ0n) is 14.8. The van der Waals surface area contributed by atoms with Crippen LogP contribution in [0.4, 0.5) is 5.13 Å². The molecule has 0 saturated carbocycles. The normalized spacial score (nSPS) is 11.2. The molecule has 0 bridgehead atoms. The van der Waals surface area contributed by atoms with E-state index in [9.17, 15) is 4.79 Å². The molecule has 0 spiro atoms. The minimum Gasteiger partial charge on any atom is -0.497 e. The van der Waals surface area contributed by atoms with Crippen LogP contribution >= 0.6 is 11.3 Å². The van der Waals surface area contributed by atoms with Gasteiger partial charge in [0.15, 0.2) is 10.8 Å². The number of rotatable bonds is 6. The van der Waals surface area contributed by atoms with Crippen LogP contribution in [0.1, 0.15) is 10.5 Å². The summed E-state index contributed by atoms with van der Waals surface area (Å²) in [6.45, 7) is 1.27.